The fourth-order valence-corrected chi connectivity index (χ4v) is 2.76. The lowest BCUT2D eigenvalue weighted by molar-refractivity contribution is 0.406. The molecule has 0 spiro atoms. The molecule has 1 N–H and O–H groups in total. The van der Waals surface area contributed by atoms with Gasteiger partial charge >= 0.3 is 0 Å². The van der Waals surface area contributed by atoms with E-state index in [9.17, 15) is 5.11 Å². The lowest BCUT2D eigenvalue weighted by Gasteiger charge is -2.32. The van der Waals surface area contributed by atoms with Gasteiger partial charge in [0.2, 0.25) is 0 Å². The smallest absolute Gasteiger partial charge is 0.115 e. The van der Waals surface area contributed by atoms with Gasteiger partial charge in [-0.3, -0.25) is 0 Å². The molecule has 15 heavy (non-hydrogen) atoms. The van der Waals surface area contributed by atoms with Crippen LogP contribution < -0.4 is 0 Å². The lowest BCUT2D eigenvalue weighted by atomic mass is 9.73. The van der Waals surface area contributed by atoms with Crippen LogP contribution in [0.25, 0.3) is 0 Å². The summed E-state index contributed by atoms with van der Waals surface area (Å²) in [7, 11) is 0. The zero-order valence-electron chi connectivity index (χ0n) is 9.83. The summed E-state index contributed by atoms with van der Waals surface area (Å²) < 4.78 is 0. The van der Waals surface area contributed by atoms with E-state index in [1.807, 2.05) is 12.1 Å². The molecular formula is C14H20O. The summed E-state index contributed by atoms with van der Waals surface area (Å²) >= 11 is 0. The second kappa shape index (κ2) is 3.88. The average molecular weight is 204 g/mol. The molecule has 82 valence electrons. The van der Waals surface area contributed by atoms with Crippen LogP contribution in [0.1, 0.15) is 56.6 Å². The Labute approximate surface area is 92.1 Å². The summed E-state index contributed by atoms with van der Waals surface area (Å²) in [5.74, 6) is 2.38. The minimum atomic E-state index is 0.407. The lowest BCUT2D eigenvalue weighted by Crippen LogP contribution is -2.16. The van der Waals surface area contributed by atoms with Crippen LogP contribution in [0.5, 0.6) is 5.75 Å². The Morgan fingerprint density at radius 1 is 1.20 bits per heavy atom. The number of benzene rings is 1. The Bertz CT molecular complexity index is 354. The second-order valence-corrected chi connectivity index (χ2v) is 5.14. The van der Waals surface area contributed by atoms with Crippen molar-refractivity contribution in [3.05, 3.63) is 29.3 Å². The van der Waals surface area contributed by atoms with Gasteiger partial charge in [0.25, 0.3) is 0 Å². The third-order valence-electron chi connectivity index (χ3n) is 3.72. The van der Waals surface area contributed by atoms with Gasteiger partial charge < -0.3 is 5.11 Å². The van der Waals surface area contributed by atoms with Gasteiger partial charge in [0.15, 0.2) is 0 Å². The maximum Gasteiger partial charge on any atom is 0.115 e. The molecule has 1 heteroatoms. The monoisotopic (exact) mass is 204 g/mol. The largest absolute Gasteiger partial charge is 0.508 e. The molecule has 0 bridgehead atoms. The van der Waals surface area contributed by atoms with Crippen LogP contribution in [0.4, 0.5) is 0 Å². The number of hydrogen-bond acceptors (Lipinski definition) is 1. The molecule has 0 aromatic heterocycles. The molecule has 2 atom stereocenters. The van der Waals surface area contributed by atoms with Crippen molar-refractivity contribution < 1.29 is 5.11 Å². The van der Waals surface area contributed by atoms with Crippen molar-refractivity contribution in [3.8, 4) is 5.75 Å². The zero-order chi connectivity index (χ0) is 11.0. The molecule has 0 saturated carbocycles. The van der Waals surface area contributed by atoms with Crippen molar-refractivity contribution in [2.45, 2.75) is 45.4 Å². The van der Waals surface area contributed by atoms with Crippen molar-refractivity contribution in [3.63, 3.8) is 0 Å². The first-order valence-electron chi connectivity index (χ1n) is 5.92. The minimum absolute atomic E-state index is 0.407. The van der Waals surface area contributed by atoms with E-state index >= 15 is 0 Å². The highest BCUT2D eigenvalue weighted by Gasteiger charge is 2.26. The van der Waals surface area contributed by atoms with Crippen LogP contribution in [0.3, 0.4) is 0 Å². The van der Waals surface area contributed by atoms with Crippen molar-refractivity contribution in [2.75, 3.05) is 0 Å². The molecule has 0 radical (unpaired) electrons. The summed E-state index contributed by atoms with van der Waals surface area (Å²) in [6.45, 7) is 6.84. The predicted molar refractivity (Wildman–Crippen MR) is 63.3 cm³/mol. The molecule has 0 saturated heterocycles. The van der Waals surface area contributed by atoms with Gasteiger partial charge in [-0.05, 0) is 53.9 Å². The summed E-state index contributed by atoms with van der Waals surface area (Å²) in [5, 5.41) is 9.53. The van der Waals surface area contributed by atoms with Gasteiger partial charge in [0, 0.05) is 0 Å². The maximum absolute atomic E-state index is 9.53. The molecule has 1 nitrogen and oxygen atoms in total. The van der Waals surface area contributed by atoms with E-state index in [2.05, 4.69) is 26.8 Å². The normalized spacial score (nSPS) is 25.3. The van der Waals surface area contributed by atoms with Gasteiger partial charge in [-0.2, -0.15) is 0 Å². The van der Waals surface area contributed by atoms with E-state index in [0.29, 0.717) is 23.5 Å². The van der Waals surface area contributed by atoms with Crippen molar-refractivity contribution in [1.82, 2.24) is 0 Å². The fraction of sp³-hybridized carbons (Fsp3) is 0.571. The highest BCUT2D eigenvalue weighted by molar-refractivity contribution is 5.41. The number of fused-ring (bicyclic) bond motifs is 1. The standard InChI is InChI=1S/C14H20O/c1-9(2)12-6-4-10(3)14-8-11(15)5-7-13(12)14/h5,7-10,12,15H,4,6H2,1-3H3. The second-order valence-electron chi connectivity index (χ2n) is 5.14. The van der Waals surface area contributed by atoms with Crippen LogP contribution in [0.2, 0.25) is 0 Å². The summed E-state index contributed by atoms with van der Waals surface area (Å²) in [4.78, 5) is 0. The predicted octanol–water partition coefficient (Wildman–Crippen LogP) is 4.03. The van der Waals surface area contributed by atoms with Crippen LogP contribution in [-0.2, 0) is 0 Å². The highest BCUT2D eigenvalue weighted by Crippen LogP contribution is 2.43. The Balaban J connectivity index is 2.45. The van der Waals surface area contributed by atoms with Crippen molar-refractivity contribution in [2.24, 2.45) is 5.92 Å². The van der Waals surface area contributed by atoms with E-state index < -0.39 is 0 Å². The van der Waals surface area contributed by atoms with Crippen molar-refractivity contribution in [1.29, 1.82) is 0 Å². The van der Waals surface area contributed by atoms with Crippen LogP contribution in [-0.4, -0.2) is 5.11 Å². The number of phenols is 1. The fourth-order valence-electron chi connectivity index (χ4n) is 2.76. The highest BCUT2D eigenvalue weighted by atomic mass is 16.3. The van der Waals surface area contributed by atoms with Crippen LogP contribution in [0, 0.1) is 5.92 Å². The van der Waals surface area contributed by atoms with Crippen molar-refractivity contribution >= 4 is 0 Å². The number of phenolic OH excluding ortho intramolecular Hbond substituents is 1. The first-order valence-corrected chi connectivity index (χ1v) is 5.92. The van der Waals surface area contributed by atoms with Gasteiger partial charge in [-0.25, -0.2) is 0 Å². The summed E-state index contributed by atoms with van der Waals surface area (Å²) in [5.41, 5.74) is 2.82. The molecule has 0 aliphatic heterocycles. The molecule has 1 aliphatic carbocycles. The summed E-state index contributed by atoms with van der Waals surface area (Å²) in [6, 6.07) is 5.89. The summed E-state index contributed by atoms with van der Waals surface area (Å²) in [6.07, 6.45) is 2.54. The maximum atomic E-state index is 9.53. The Hall–Kier alpha value is -0.980. The molecule has 0 fully saturated rings. The van der Waals surface area contributed by atoms with E-state index in [1.54, 1.807) is 0 Å². The quantitative estimate of drug-likeness (QED) is 0.732. The first-order chi connectivity index (χ1) is 7.09. The van der Waals surface area contributed by atoms with E-state index in [4.69, 9.17) is 0 Å². The zero-order valence-corrected chi connectivity index (χ0v) is 9.83. The van der Waals surface area contributed by atoms with Gasteiger partial charge in [0.1, 0.15) is 5.75 Å². The SMILES string of the molecule is CC1CCC(C(C)C)c2ccc(O)cc21. The van der Waals surface area contributed by atoms with E-state index in [-0.39, 0.29) is 0 Å². The minimum Gasteiger partial charge on any atom is -0.508 e. The average Bonchev–Trinajstić information content (AvgIpc) is 2.19. The molecule has 2 rings (SSSR count). The first kappa shape index (κ1) is 10.5. The molecule has 1 aromatic rings. The number of hydrogen-bond donors (Lipinski definition) is 1. The molecule has 0 heterocycles. The van der Waals surface area contributed by atoms with E-state index in [1.165, 1.54) is 24.0 Å². The Morgan fingerprint density at radius 2 is 1.93 bits per heavy atom. The molecule has 0 amide bonds. The number of rotatable bonds is 1. The van der Waals surface area contributed by atoms with Gasteiger partial charge in [-0.1, -0.05) is 26.8 Å². The molecule has 2 unspecified atom stereocenters. The van der Waals surface area contributed by atoms with Crippen LogP contribution >= 0.6 is 0 Å². The van der Waals surface area contributed by atoms with Gasteiger partial charge in [-0.15, -0.1) is 0 Å². The third kappa shape index (κ3) is 1.88. The van der Waals surface area contributed by atoms with Crippen LogP contribution in [0.15, 0.2) is 18.2 Å². The van der Waals surface area contributed by atoms with Gasteiger partial charge in [0.05, 0.1) is 0 Å². The van der Waals surface area contributed by atoms with E-state index in [0.717, 1.165) is 0 Å². The molecular weight excluding hydrogens is 184 g/mol. The number of aromatic hydroxyl groups is 1. The Morgan fingerprint density at radius 3 is 2.60 bits per heavy atom. The third-order valence-corrected chi connectivity index (χ3v) is 3.72. The topological polar surface area (TPSA) is 20.2 Å². The molecule has 1 aromatic carbocycles. The Kier molecular flexibility index (Phi) is 2.72. The molecule has 1 aliphatic rings.